The summed E-state index contributed by atoms with van der Waals surface area (Å²) in [4.78, 5) is 0. The van der Waals surface area contributed by atoms with E-state index in [0.29, 0.717) is 24.5 Å². The molecular weight excluding hydrogens is 242 g/mol. The van der Waals surface area contributed by atoms with E-state index < -0.39 is 0 Å². The summed E-state index contributed by atoms with van der Waals surface area (Å²) < 4.78 is 5.45. The molecule has 1 aromatic carbocycles. The second-order valence-electron chi connectivity index (χ2n) is 3.39. The smallest absolute Gasteiger partial charge is 0.133 e. The normalized spacial score (nSPS) is 9.82. The molecule has 0 bridgehead atoms. The lowest BCUT2D eigenvalue weighted by molar-refractivity contribution is -0.497. The summed E-state index contributed by atoms with van der Waals surface area (Å²) in [6.45, 7) is 0.586. The van der Waals surface area contributed by atoms with E-state index in [0.717, 1.165) is 16.8 Å². The van der Waals surface area contributed by atoms with E-state index in [1.54, 1.807) is 17.8 Å². The van der Waals surface area contributed by atoms with Gasteiger partial charge in [-0.3, -0.25) is 0 Å². The first-order valence-corrected chi connectivity index (χ1v) is 6.51. The maximum absolute atomic E-state index is 10.7. The topological polar surface area (TPSA) is 101 Å². The average Bonchev–Trinajstić information content (AvgIpc) is 2.29. The van der Waals surface area contributed by atoms with Crippen LogP contribution in [0.2, 0.25) is 0 Å². The van der Waals surface area contributed by atoms with Crippen LogP contribution in [0.15, 0.2) is 18.2 Å². The molecule has 0 radical (unpaired) electrons. The van der Waals surface area contributed by atoms with Crippen molar-refractivity contribution in [1.82, 2.24) is 0 Å². The third-order valence-electron chi connectivity index (χ3n) is 2.01. The van der Waals surface area contributed by atoms with Crippen LogP contribution in [0.25, 0.3) is 0 Å². The Balaban J connectivity index is 0.00000256. The molecule has 0 aliphatic heterocycles. The van der Waals surface area contributed by atoms with Gasteiger partial charge in [0.25, 0.3) is 0 Å². The number of thioether (sulfide) groups is 1. The van der Waals surface area contributed by atoms with Crippen molar-refractivity contribution in [3.05, 3.63) is 29.0 Å². The minimum Gasteiger partial charge on any atom is -0.630 e. The number of hydrogen-bond donors (Lipinski definition) is 2. The highest BCUT2D eigenvalue weighted by atomic mass is 32.2. The molecule has 6 heteroatoms. The number of aliphatic hydroxyl groups is 1. The molecule has 17 heavy (non-hydrogen) atoms. The molecule has 0 atom stereocenters. The average molecular weight is 261 g/mol. The van der Waals surface area contributed by atoms with E-state index in [4.69, 9.17) is 9.84 Å². The highest BCUT2D eigenvalue weighted by molar-refractivity contribution is 7.97. The van der Waals surface area contributed by atoms with Gasteiger partial charge in [-0.05, 0) is 17.9 Å². The second-order valence-corrected chi connectivity index (χ2v) is 4.25. The highest BCUT2D eigenvalue weighted by Crippen LogP contribution is 2.21. The Hall–Kier alpha value is -0.790. The van der Waals surface area contributed by atoms with Gasteiger partial charge in [-0.1, -0.05) is 0 Å². The van der Waals surface area contributed by atoms with Gasteiger partial charge in [0.2, 0.25) is 0 Å². The Morgan fingerprint density at radius 1 is 1.41 bits per heavy atom. The summed E-state index contributed by atoms with van der Waals surface area (Å²) in [5.41, 5.74) is 2.53. The fourth-order valence-electron chi connectivity index (χ4n) is 1.34. The molecule has 0 unspecified atom stereocenters. The van der Waals surface area contributed by atoms with Crippen LogP contribution in [-0.2, 0) is 5.75 Å². The quantitative estimate of drug-likeness (QED) is 0.415. The minimum atomic E-state index is 0. The van der Waals surface area contributed by atoms with Crippen LogP contribution in [-0.4, -0.2) is 30.1 Å². The van der Waals surface area contributed by atoms with Crippen LogP contribution in [0.3, 0.4) is 0 Å². The number of rotatable bonds is 7. The zero-order valence-corrected chi connectivity index (χ0v) is 10.6. The van der Waals surface area contributed by atoms with E-state index in [2.05, 4.69) is 0 Å². The summed E-state index contributed by atoms with van der Waals surface area (Å²) >= 11 is 1.70. The second kappa shape index (κ2) is 9.26. The van der Waals surface area contributed by atoms with Gasteiger partial charge in [-0.25, -0.2) is 0 Å². The fraction of sp³-hybridized carbons (Fsp3) is 0.455. The van der Waals surface area contributed by atoms with Crippen LogP contribution in [0.5, 0.6) is 5.75 Å². The molecule has 1 rings (SSSR count). The molecule has 0 saturated carbocycles. The van der Waals surface area contributed by atoms with E-state index >= 15 is 0 Å². The molecule has 0 aliphatic rings. The molecule has 0 saturated heterocycles. The molecule has 5 nitrogen and oxygen atoms in total. The fourth-order valence-corrected chi connectivity index (χ4v) is 1.84. The summed E-state index contributed by atoms with van der Waals surface area (Å²) in [6, 6.07) is 5.51. The van der Waals surface area contributed by atoms with Crippen molar-refractivity contribution < 1.29 is 20.8 Å². The number of hydrogen-bond acceptors (Lipinski definition) is 4. The first-order chi connectivity index (χ1) is 7.80. The third-order valence-corrected chi connectivity index (χ3v) is 2.63. The van der Waals surface area contributed by atoms with Crippen LogP contribution < -0.4 is 10.2 Å². The summed E-state index contributed by atoms with van der Waals surface area (Å²) in [5, 5.41) is 19.4. The van der Waals surface area contributed by atoms with E-state index in [1.165, 1.54) is 0 Å². The van der Waals surface area contributed by atoms with Crippen LogP contribution >= 0.6 is 11.8 Å². The number of benzene rings is 1. The maximum Gasteiger partial charge on any atom is 0.133 e. The van der Waals surface area contributed by atoms with Crippen LogP contribution in [0, 0.1) is 5.21 Å². The zero-order chi connectivity index (χ0) is 11.8. The lowest BCUT2D eigenvalue weighted by Crippen LogP contribution is -2.70. The molecule has 0 spiro atoms. The third kappa shape index (κ3) is 5.90. The van der Waals surface area contributed by atoms with Crippen LogP contribution in [0.4, 0.5) is 5.69 Å². The SMILES string of the molecule is CSCc1cc([NH2+][O-])cc(OCCCO)c1.O. The Morgan fingerprint density at radius 2 is 2.18 bits per heavy atom. The standard InChI is InChI=1S/C11H17NO3S.H2O/c1-16-8-9-5-10(12-14)7-11(6-9)15-4-2-3-13;/h5-7,13H,2-4,8,12H2,1H3;1H2. The van der Waals surface area contributed by atoms with E-state index in [9.17, 15) is 5.21 Å². The summed E-state index contributed by atoms with van der Waals surface area (Å²) in [5.74, 6) is 1.56. The van der Waals surface area contributed by atoms with Gasteiger partial charge in [-0.15, -0.1) is 0 Å². The molecule has 5 N–H and O–H groups in total. The van der Waals surface area contributed by atoms with Gasteiger partial charge >= 0.3 is 0 Å². The first-order valence-electron chi connectivity index (χ1n) is 5.12. The zero-order valence-electron chi connectivity index (χ0n) is 9.81. The van der Waals surface area contributed by atoms with Crippen molar-refractivity contribution in [3.63, 3.8) is 0 Å². The van der Waals surface area contributed by atoms with Gasteiger partial charge < -0.3 is 26.0 Å². The summed E-state index contributed by atoms with van der Waals surface area (Å²) in [7, 11) is 0. The van der Waals surface area contributed by atoms with Crippen molar-refractivity contribution in [2.45, 2.75) is 12.2 Å². The molecule has 1 aromatic rings. The predicted octanol–water partition coefficient (Wildman–Crippen LogP) is 0.179. The molecule has 0 heterocycles. The number of quaternary nitrogens is 1. The Morgan fingerprint density at radius 3 is 2.76 bits per heavy atom. The molecule has 0 aliphatic carbocycles. The van der Waals surface area contributed by atoms with E-state index in [1.807, 2.05) is 18.4 Å². The molecule has 98 valence electrons. The molecular formula is C11H19NO4S. The predicted molar refractivity (Wildman–Crippen MR) is 69.4 cm³/mol. The lowest BCUT2D eigenvalue weighted by atomic mass is 10.2. The number of aliphatic hydroxyl groups excluding tert-OH is 1. The Labute approximate surface area is 105 Å². The molecule has 0 fully saturated rings. The molecule has 0 aromatic heterocycles. The summed E-state index contributed by atoms with van der Waals surface area (Å²) in [6.07, 6.45) is 2.61. The Bertz CT molecular complexity index is 322. The number of nitrogens with two attached hydrogens (primary N) is 1. The van der Waals surface area contributed by atoms with Crippen LogP contribution in [0.1, 0.15) is 12.0 Å². The van der Waals surface area contributed by atoms with Crippen molar-refractivity contribution in [3.8, 4) is 5.75 Å². The lowest BCUT2D eigenvalue weighted by Gasteiger charge is -2.10. The van der Waals surface area contributed by atoms with Gasteiger partial charge in [-0.2, -0.15) is 11.8 Å². The van der Waals surface area contributed by atoms with Crippen molar-refractivity contribution >= 4 is 17.4 Å². The largest absolute Gasteiger partial charge is 0.630 e. The van der Waals surface area contributed by atoms with Gasteiger partial charge in [0.1, 0.15) is 11.4 Å². The maximum atomic E-state index is 10.7. The molecule has 0 amide bonds. The van der Waals surface area contributed by atoms with Crippen molar-refractivity contribution in [1.29, 1.82) is 0 Å². The highest BCUT2D eigenvalue weighted by Gasteiger charge is 2.02. The minimum absolute atomic E-state index is 0. The van der Waals surface area contributed by atoms with E-state index in [-0.39, 0.29) is 12.1 Å². The van der Waals surface area contributed by atoms with Gasteiger partial charge in [0.05, 0.1) is 6.61 Å². The number of ether oxygens (including phenoxy) is 1. The first kappa shape index (κ1) is 16.2. The van der Waals surface area contributed by atoms with Gasteiger partial charge in [0, 0.05) is 30.9 Å². The Kier molecular flexibility index (Phi) is 8.83. The van der Waals surface area contributed by atoms with Crippen molar-refractivity contribution in [2.75, 3.05) is 19.5 Å². The van der Waals surface area contributed by atoms with Crippen molar-refractivity contribution in [2.24, 2.45) is 0 Å². The monoisotopic (exact) mass is 261 g/mol. The van der Waals surface area contributed by atoms with Gasteiger partial charge in [0.15, 0.2) is 0 Å².